The van der Waals surface area contributed by atoms with E-state index in [1.54, 1.807) is 10.9 Å². The van der Waals surface area contributed by atoms with Crippen LogP contribution in [0.4, 0.5) is 5.82 Å². The zero-order valence-electron chi connectivity index (χ0n) is 7.98. The highest BCUT2D eigenvalue weighted by molar-refractivity contribution is 5.38. The highest BCUT2D eigenvalue weighted by atomic mass is 16.2. The Morgan fingerprint density at radius 3 is 3.07 bits per heavy atom. The zero-order chi connectivity index (χ0) is 10.4. The molecule has 1 aromatic rings. The van der Waals surface area contributed by atoms with Gasteiger partial charge in [-0.2, -0.15) is 10.4 Å². The van der Waals surface area contributed by atoms with Crippen LogP contribution in [0.2, 0.25) is 0 Å². The molecular weight excluding hydrogens is 180 g/mol. The molecule has 0 fully saturated rings. The van der Waals surface area contributed by atoms with Crippen molar-refractivity contribution in [2.45, 2.75) is 25.8 Å². The molecule has 0 bridgehead atoms. The molecule has 76 valence electrons. The van der Waals surface area contributed by atoms with Crippen LogP contribution in [0.1, 0.15) is 18.4 Å². The molecule has 0 radical (unpaired) electrons. The van der Waals surface area contributed by atoms with E-state index in [-0.39, 0.29) is 6.61 Å². The SMILES string of the molecule is N#CCCn1ncc(CCCO)c1N. The van der Waals surface area contributed by atoms with Crippen molar-refractivity contribution in [2.75, 3.05) is 12.3 Å². The number of nitrogen functional groups attached to an aromatic ring is 1. The number of nitriles is 1. The number of aromatic nitrogens is 2. The van der Waals surface area contributed by atoms with Crippen LogP contribution in [-0.4, -0.2) is 21.5 Å². The molecule has 3 N–H and O–H groups in total. The van der Waals surface area contributed by atoms with Crippen molar-refractivity contribution < 1.29 is 5.11 Å². The largest absolute Gasteiger partial charge is 0.396 e. The minimum absolute atomic E-state index is 0.156. The molecule has 0 aliphatic carbocycles. The van der Waals surface area contributed by atoms with Gasteiger partial charge in [0.25, 0.3) is 0 Å². The van der Waals surface area contributed by atoms with Gasteiger partial charge in [-0.25, -0.2) is 4.68 Å². The second-order valence-electron chi connectivity index (χ2n) is 3.01. The van der Waals surface area contributed by atoms with Crippen molar-refractivity contribution in [3.05, 3.63) is 11.8 Å². The summed E-state index contributed by atoms with van der Waals surface area (Å²) in [6.45, 7) is 0.685. The zero-order valence-corrected chi connectivity index (χ0v) is 7.98. The van der Waals surface area contributed by atoms with Gasteiger partial charge in [0.2, 0.25) is 0 Å². The first kappa shape index (κ1) is 10.5. The van der Waals surface area contributed by atoms with Crippen LogP contribution in [0, 0.1) is 11.3 Å². The van der Waals surface area contributed by atoms with E-state index >= 15 is 0 Å². The highest BCUT2D eigenvalue weighted by Crippen LogP contribution is 2.13. The second-order valence-corrected chi connectivity index (χ2v) is 3.01. The Morgan fingerprint density at radius 2 is 2.43 bits per heavy atom. The van der Waals surface area contributed by atoms with Gasteiger partial charge < -0.3 is 10.8 Å². The van der Waals surface area contributed by atoms with Gasteiger partial charge in [0.15, 0.2) is 0 Å². The average Bonchev–Trinajstić information content (AvgIpc) is 2.54. The molecule has 0 amide bonds. The van der Waals surface area contributed by atoms with Crippen molar-refractivity contribution in [1.82, 2.24) is 9.78 Å². The predicted octanol–water partition coefficient (Wildman–Crippen LogP) is 0.304. The number of aryl methyl sites for hydroxylation is 2. The third-order valence-electron chi connectivity index (χ3n) is 2.00. The molecule has 0 saturated carbocycles. The molecule has 5 heteroatoms. The van der Waals surface area contributed by atoms with Crippen LogP contribution in [0.5, 0.6) is 0 Å². The number of hydrogen-bond donors (Lipinski definition) is 2. The normalized spacial score (nSPS) is 10.0. The summed E-state index contributed by atoms with van der Waals surface area (Å²) in [5, 5.41) is 21.1. The van der Waals surface area contributed by atoms with E-state index in [4.69, 9.17) is 16.1 Å². The summed E-state index contributed by atoms with van der Waals surface area (Å²) in [5.74, 6) is 0.605. The van der Waals surface area contributed by atoms with Crippen molar-refractivity contribution in [3.63, 3.8) is 0 Å². The first-order valence-corrected chi connectivity index (χ1v) is 4.57. The molecule has 0 aliphatic heterocycles. The van der Waals surface area contributed by atoms with Gasteiger partial charge in [0.05, 0.1) is 25.2 Å². The molecule has 0 saturated heterocycles. The maximum absolute atomic E-state index is 8.66. The minimum Gasteiger partial charge on any atom is -0.396 e. The summed E-state index contributed by atoms with van der Waals surface area (Å²) < 4.78 is 1.62. The van der Waals surface area contributed by atoms with Crippen LogP contribution >= 0.6 is 0 Å². The maximum Gasteiger partial charge on any atom is 0.124 e. The van der Waals surface area contributed by atoms with Crippen LogP contribution in [0.3, 0.4) is 0 Å². The summed E-state index contributed by atoms with van der Waals surface area (Å²) >= 11 is 0. The molecule has 1 rings (SSSR count). The van der Waals surface area contributed by atoms with Gasteiger partial charge in [-0.3, -0.25) is 0 Å². The number of aliphatic hydroxyl groups excluding tert-OH is 1. The lowest BCUT2D eigenvalue weighted by Crippen LogP contribution is -2.05. The number of anilines is 1. The average molecular weight is 194 g/mol. The lowest BCUT2D eigenvalue weighted by molar-refractivity contribution is 0.288. The first-order valence-electron chi connectivity index (χ1n) is 4.57. The summed E-state index contributed by atoms with van der Waals surface area (Å²) in [5.41, 5.74) is 6.74. The summed E-state index contributed by atoms with van der Waals surface area (Å²) in [6.07, 6.45) is 3.52. The lowest BCUT2D eigenvalue weighted by atomic mass is 10.2. The standard InChI is InChI=1S/C9H14N4O/c10-4-2-5-13-9(11)8(7-12-13)3-1-6-14/h7,14H,1-3,5-6,11H2. The Kier molecular flexibility index (Phi) is 3.95. The van der Waals surface area contributed by atoms with E-state index in [1.807, 2.05) is 6.07 Å². The van der Waals surface area contributed by atoms with E-state index in [2.05, 4.69) is 5.10 Å². The molecule has 14 heavy (non-hydrogen) atoms. The van der Waals surface area contributed by atoms with Gasteiger partial charge in [-0.05, 0) is 12.8 Å². The molecule has 0 unspecified atom stereocenters. The van der Waals surface area contributed by atoms with E-state index in [9.17, 15) is 0 Å². The van der Waals surface area contributed by atoms with Gasteiger partial charge >= 0.3 is 0 Å². The Morgan fingerprint density at radius 1 is 1.64 bits per heavy atom. The third-order valence-corrected chi connectivity index (χ3v) is 2.00. The summed E-state index contributed by atoms with van der Waals surface area (Å²) in [6, 6.07) is 2.04. The topological polar surface area (TPSA) is 87.9 Å². The molecule has 1 heterocycles. The monoisotopic (exact) mass is 194 g/mol. The van der Waals surface area contributed by atoms with Crippen LogP contribution in [0.25, 0.3) is 0 Å². The molecule has 0 aromatic carbocycles. The van der Waals surface area contributed by atoms with E-state index in [0.717, 1.165) is 12.0 Å². The third kappa shape index (κ3) is 2.47. The number of aliphatic hydroxyl groups is 1. The molecule has 0 spiro atoms. The van der Waals surface area contributed by atoms with Gasteiger partial charge in [-0.1, -0.05) is 0 Å². The molecule has 0 aliphatic rings. The summed E-state index contributed by atoms with van der Waals surface area (Å²) in [4.78, 5) is 0. The minimum atomic E-state index is 0.156. The molecule has 5 nitrogen and oxygen atoms in total. The van der Waals surface area contributed by atoms with E-state index in [1.165, 1.54) is 0 Å². The Hall–Kier alpha value is -1.54. The maximum atomic E-state index is 8.66. The van der Waals surface area contributed by atoms with Crippen LogP contribution < -0.4 is 5.73 Å². The lowest BCUT2D eigenvalue weighted by Gasteiger charge is -2.01. The number of nitrogens with two attached hydrogens (primary N) is 1. The fraction of sp³-hybridized carbons (Fsp3) is 0.556. The first-order chi connectivity index (χ1) is 6.79. The van der Waals surface area contributed by atoms with Crippen LogP contribution in [0.15, 0.2) is 6.20 Å². The molecular formula is C9H14N4O. The molecule has 0 atom stereocenters. The van der Waals surface area contributed by atoms with Gasteiger partial charge in [-0.15, -0.1) is 0 Å². The van der Waals surface area contributed by atoms with Crippen molar-refractivity contribution in [1.29, 1.82) is 5.26 Å². The van der Waals surface area contributed by atoms with Crippen molar-refractivity contribution >= 4 is 5.82 Å². The number of rotatable bonds is 5. The van der Waals surface area contributed by atoms with Crippen molar-refractivity contribution in [3.8, 4) is 6.07 Å². The fourth-order valence-corrected chi connectivity index (χ4v) is 1.23. The van der Waals surface area contributed by atoms with Crippen LogP contribution in [-0.2, 0) is 13.0 Å². The van der Waals surface area contributed by atoms with Gasteiger partial charge in [0.1, 0.15) is 5.82 Å². The Bertz CT molecular complexity index is 326. The van der Waals surface area contributed by atoms with E-state index in [0.29, 0.717) is 25.2 Å². The van der Waals surface area contributed by atoms with Crippen molar-refractivity contribution in [2.24, 2.45) is 0 Å². The quantitative estimate of drug-likeness (QED) is 0.705. The number of nitrogens with zero attached hydrogens (tertiary/aromatic N) is 3. The fourth-order valence-electron chi connectivity index (χ4n) is 1.23. The number of hydrogen-bond acceptors (Lipinski definition) is 4. The van der Waals surface area contributed by atoms with Gasteiger partial charge in [0, 0.05) is 12.2 Å². The Labute approximate surface area is 82.8 Å². The second kappa shape index (κ2) is 5.25. The Balaban J connectivity index is 2.61. The highest BCUT2D eigenvalue weighted by Gasteiger charge is 2.05. The molecule has 1 aromatic heterocycles. The smallest absolute Gasteiger partial charge is 0.124 e. The predicted molar refractivity (Wildman–Crippen MR) is 52.3 cm³/mol. The summed E-state index contributed by atoms with van der Waals surface area (Å²) in [7, 11) is 0. The van der Waals surface area contributed by atoms with E-state index < -0.39 is 0 Å².